The Morgan fingerprint density at radius 1 is 1.02 bits per heavy atom. The maximum Gasteiger partial charge on any atom is 0.415 e. The topological polar surface area (TPSA) is 105 Å². The summed E-state index contributed by atoms with van der Waals surface area (Å²) in [5.74, 6) is -1.17. The van der Waals surface area contributed by atoms with Crippen molar-refractivity contribution in [3.8, 4) is 0 Å². The van der Waals surface area contributed by atoms with Crippen LogP contribution in [0, 0.1) is 11.7 Å². The van der Waals surface area contributed by atoms with E-state index >= 15 is 0 Å². The molecule has 10 heteroatoms. The van der Waals surface area contributed by atoms with Gasteiger partial charge in [0.15, 0.2) is 0 Å². The van der Waals surface area contributed by atoms with Crippen molar-refractivity contribution >= 4 is 23.0 Å². The highest BCUT2D eigenvalue weighted by Crippen LogP contribution is 2.32. The Bertz CT molecular complexity index is 1420. The lowest BCUT2D eigenvalue weighted by molar-refractivity contribution is -0.112. The van der Waals surface area contributed by atoms with Gasteiger partial charge in [0.05, 0.1) is 17.3 Å². The molecule has 0 spiro atoms. The summed E-state index contributed by atoms with van der Waals surface area (Å²) in [4.78, 5) is 13.2. The molecule has 0 aromatic heterocycles. The van der Waals surface area contributed by atoms with Crippen molar-refractivity contribution in [1.82, 2.24) is 5.32 Å². The molecule has 0 saturated heterocycles. The van der Waals surface area contributed by atoms with Crippen LogP contribution in [0.2, 0.25) is 0 Å². The van der Waals surface area contributed by atoms with Gasteiger partial charge in [-0.2, -0.15) is 13.2 Å². The minimum atomic E-state index is -4.77. The van der Waals surface area contributed by atoms with E-state index in [1.54, 1.807) is 36.4 Å². The van der Waals surface area contributed by atoms with E-state index < -0.39 is 29.2 Å². The predicted molar refractivity (Wildman–Crippen MR) is 150 cm³/mol. The third-order valence-electron chi connectivity index (χ3n) is 6.49. The summed E-state index contributed by atoms with van der Waals surface area (Å²) < 4.78 is 54.8. The number of nitrogens with two attached hydrogens (primary N) is 2. The van der Waals surface area contributed by atoms with Crippen molar-refractivity contribution in [3.05, 3.63) is 113 Å². The molecule has 7 N–H and O–H groups in total. The molecule has 1 aliphatic rings. The van der Waals surface area contributed by atoms with Gasteiger partial charge in [0.25, 0.3) is 5.91 Å². The number of allylic oxidation sites excluding steroid dienone is 2. The minimum Gasteiger partial charge on any atom is -0.399 e. The molecule has 1 amide bonds. The summed E-state index contributed by atoms with van der Waals surface area (Å²) in [5.41, 5.74) is 12.8. The number of halogens is 4. The highest BCUT2D eigenvalue weighted by molar-refractivity contribution is 6.06. The molecule has 0 aliphatic heterocycles. The van der Waals surface area contributed by atoms with Crippen molar-refractivity contribution < 1.29 is 22.4 Å². The first-order valence-corrected chi connectivity index (χ1v) is 12.8. The summed E-state index contributed by atoms with van der Waals surface area (Å²) in [5, 5.41) is 8.60. The number of amides is 1. The van der Waals surface area contributed by atoms with Gasteiger partial charge < -0.3 is 27.4 Å². The standard InChI is InChI=1S/C30H31F4N5O/c1-18(30(32,33)34)12-27(38-24-7-2-4-20(13-24)16-35)29(40)39-26-15-22(10-11-25(26)31)28(37-17-19-8-9-19)21-5-3-6-23(36)14-21/h2-7,10-15,19,28,37-38H,1,8-9,16-17,35-36H2,(H,39,40)/b27-12-. The van der Waals surface area contributed by atoms with Crippen LogP contribution in [0.15, 0.2) is 90.7 Å². The SMILES string of the molecule is C=C(/C=C(\Nc1cccc(CN)c1)C(=O)Nc1cc(C(NCC2CC2)c2cccc(N)c2)ccc1F)C(F)(F)F. The Hall–Kier alpha value is -4.15. The van der Waals surface area contributed by atoms with Crippen LogP contribution < -0.4 is 27.4 Å². The van der Waals surface area contributed by atoms with Crippen molar-refractivity contribution in [2.45, 2.75) is 31.6 Å². The smallest absolute Gasteiger partial charge is 0.399 e. The van der Waals surface area contributed by atoms with Crippen molar-refractivity contribution in [2.75, 3.05) is 22.9 Å². The van der Waals surface area contributed by atoms with Gasteiger partial charge in [0, 0.05) is 17.9 Å². The van der Waals surface area contributed by atoms with Gasteiger partial charge in [-0.25, -0.2) is 4.39 Å². The van der Waals surface area contributed by atoms with E-state index in [-0.39, 0.29) is 18.3 Å². The van der Waals surface area contributed by atoms with E-state index in [4.69, 9.17) is 11.5 Å². The Morgan fingerprint density at radius 3 is 2.42 bits per heavy atom. The van der Waals surface area contributed by atoms with Crippen LogP contribution in [0.25, 0.3) is 0 Å². The Balaban J connectivity index is 1.64. The van der Waals surface area contributed by atoms with Gasteiger partial charge in [-0.3, -0.25) is 4.79 Å². The van der Waals surface area contributed by atoms with Crippen LogP contribution in [0.3, 0.4) is 0 Å². The molecule has 1 atom stereocenters. The van der Waals surface area contributed by atoms with E-state index in [0.29, 0.717) is 34.5 Å². The number of carbonyl (C=O) groups excluding carboxylic acids is 1. The first kappa shape index (κ1) is 28.8. The largest absolute Gasteiger partial charge is 0.415 e. The summed E-state index contributed by atoms with van der Waals surface area (Å²) in [7, 11) is 0. The maximum atomic E-state index is 14.9. The lowest BCUT2D eigenvalue weighted by atomic mass is 9.97. The first-order valence-electron chi connectivity index (χ1n) is 12.8. The molecule has 0 radical (unpaired) electrons. The fourth-order valence-corrected chi connectivity index (χ4v) is 4.13. The number of alkyl halides is 3. The fraction of sp³-hybridized carbons (Fsp3) is 0.233. The Morgan fingerprint density at radius 2 is 1.75 bits per heavy atom. The Labute approximate surface area is 230 Å². The van der Waals surface area contributed by atoms with Crippen LogP contribution in [-0.2, 0) is 11.3 Å². The number of nitrogens with one attached hydrogen (secondary N) is 3. The lowest BCUT2D eigenvalue weighted by Gasteiger charge is -2.21. The molecular weight excluding hydrogens is 522 g/mol. The first-order chi connectivity index (χ1) is 19.0. The summed E-state index contributed by atoms with van der Waals surface area (Å²) in [6.45, 7) is 3.97. The van der Waals surface area contributed by atoms with Crippen molar-refractivity contribution in [2.24, 2.45) is 11.7 Å². The number of hydrogen-bond acceptors (Lipinski definition) is 5. The van der Waals surface area contributed by atoms with Crippen LogP contribution in [0.1, 0.15) is 35.6 Å². The highest BCUT2D eigenvalue weighted by atomic mass is 19.4. The molecule has 1 fully saturated rings. The molecule has 210 valence electrons. The molecule has 3 aromatic carbocycles. The number of nitrogen functional groups attached to an aromatic ring is 1. The molecular formula is C30H31F4N5O. The molecule has 6 nitrogen and oxygen atoms in total. The molecule has 1 saturated carbocycles. The van der Waals surface area contributed by atoms with Crippen LogP contribution in [0.4, 0.5) is 34.6 Å². The summed E-state index contributed by atoms with van der Waals surface area (Å²) in [6, 6.07) is 17.8. The second-order valence-electron chi connectivity index (χ2n) is 9.76. The fourth-order valence-electron chi connectivity index (χ4n) is 4.13. The third kappa shape index (κ3) is 7.71. The number of hydrogen-bond donors (Lipinski definition) is 5. The molecule has 40 heavy (non-hydrogen) atoms. The molecule has 3 aromatic rings. The Kier molecular flexibility index (Phi) is 8.91. The van der Waals surface area contributed by atoms with Crippen LogP contribution in [-0.4, -0.2) is 18.6 Å². The van der Waals surface area contributed by atoms with Crippen molar-refractivity contribution in [3.63, 3.8) is 0 Å². The maximum absolute atomic E-state index is 14.9. The van der Waals surface area contributed by atoms with E-state index in [9.17, 15) is 22.4 Å². The van der Waals surface area contributed by atoms with Gasteiger partial charge in [-0.1, -0.05) is 36.9 Å². The summed E-state index contributed by atoms with van der Waals surface area (Å²) >= 11 is 0. The zero-order valence-electron chi connectivity index (χ0n) is 21.7. The average Bonchev–Trinajstić information content (AvgIpc) is 3.74. The number of anilines is 3. The monoisotopic (exact) mass is 553 g/mol. The number of benzene rings is 3. The quantitative estimate of drug-likeness (QED) is 0.0866. The third-order valence-corrected chi connectivity index (χ3v) is 6.49. The van der Waals surface area contributed by atoms with E-state index in [2.05, 4.69) is 22.5 Å². The number of carbonyl (C=O) groups is 1. The van der Waals surface area contributed by atoms with Gasteiger partial charge >= 0.3 is 6.18 Å². The predicted octanol–water partition coefficient (Wildman–Crippen LogP) is 6.01. The second-order valence-corrected chi connectivity index (χ2v) is 9.76. The van der Waals surface area contributed by atoms with Gasteiger partial charge in [0.2, 0.25) is 0 Å². The lowest BCUT2D eigenvalue weighted by Crippen LogP contribution is -2.25. The second kappa shape index (κ2) is 12.4. The molecule has 4 rings (SSSR count). The summed E-state index contributed by atoms with van der Waals surface area (Å²) in [6.07, 6.45) is -1.93. The van der Waals surface area contributed by atoms with E-state index in [1.807, 2.05) is 18.2 Å². The van der Waals surface area contributed by atoms with Crippen LogP contribution >= 0.6 is 0 Å². The van der Waals surface area contributed by atoms with E-state index in [1.165, 1.54) is 12.1 Å². The van der Waals surface area contributed by atoms with Gasteiger partial charge in [-0.05, 0) is 84.5 Å². The highest BCUT2D eigenvalue weighted by Gasteiger charge is 2.31. The van der Waals surface area contributed by atoms with Gasteiger partial charge in [0.1, 0.15) is 11.5 Å². The zero-order chi connectivity index (χ0) is 28.9. The molecule has 0 heterocycles. The molecule has 0 bridgehead atoms. The number of rotatable bonds is 11. The average molecular weight is 554 g/mol. The molecule has 1 aliphatic carbocycles. The minimum absolute atomic E-state index is 0.189. The van der Waals surface area contributed by atoms with E-state index in [0.717, 1.165) is 24.9 Å². The zero-order valence-corrected chi connectivity index (χ0v) is 21.7. The molecule has 1 unspecified atom stereocenters. The van der Waals surface area contributed by atoms with Gasteiger partial charge in [-0.15, -0.1) is 0 Å². The van der Waals surface area contributed by atoms with Crippen molar-refractivity contribution in [1.29, 1.82) is 0 Å². The normalized spacial score (nSPS) is 14.5. The van der Waals surface area contributed by atoms with Crippen LogP contribution in [0.5, 0.6) is 0 Å².